The van der Waals surface area contributed by atoms with Crippen molar-refractivity contribution in [3.05, 3.63) is 35.6 Å². The van der Waals surface area contributed by atoms with E-state index in [0.717, 1.165) is 24.8 Å². The summed E-state index contributed by atoms with van der Waals surface area (Å²) in [4.78, 5) is 14.4. The maximum atomic E-state index is 13.0. The fourth-order valence-corrected chi connectivity index (χ4v) is 3.66. The lowest BCUT2D eigenvalue weighted by Gasteiger charge is -2.36. The summed E-state index contributed by atoms with van der Waals surface area (Å²) >= 11 is 0. The fraction of sp³-hybridized carbons (Fsp3) is 0.611. The van der Waals surface area contributed by atoms with Crippen molar-refractivity contribution in [1.29, 1.82) is 0 Å². The minimum atomic E-state index is -0.596. The van der Waals surface area contributed by atoms with Gasteiger partial charge in [-0.15, -0.1) is 0 Å². The smallest absolute Gasteiger partial charge is 0.228 e. The second kappa shape index (κ2) is 6.97. The van der Waals surface area contributed by atoms with Crippen molar-refractivity contribution >= 4 is 5.91 Å². The van der Waals surface area contributed by atoms with Crippen LogP contribution in [0.1, 0.15) is 37.9 Å². The first kappa shape index (κ1) is 16.4. The van der Waals surface area contributed by atoms with E-state index in [2.05, 4.69) is 0 Å². The van der Waals surface area contributed by atoms with Crippen molar-refractivity contribution in [3.8, 4) is 0 Å². The number of aliphatic hydroxyl groups excluding tert-OH is 1. The minimum absolute atomic E-state index is 0.00466. The Morgan fingerprint density at radius 1 is 1.26 bits per heavy atom. The molecule has 0 spiro atoms. The zero-order chi connectivity index (χ0) is 16.4. The number of piperidine rings is 1. The molecule has 2 aliphatic heterocycles. The Morgan fingerprint density at radius 2 is 1.91 bits per heavy atom. The molecule has 2 aliphatic rings. The van der Waals surface area contributed by atoms with Crippen LogP contribution in [-0.4, -0.2) is 41.7 Å². The second-order valence-electron chi connectivity index (χ2n) is 6.63. The van der Waals surface area contributed by atoms with Crippen LogP contribution in [0.5, 0.6) is 0 Å². The molecule has 0 radical (unpaired) electrons. The normalized spacial score (nSPS) is 27.2. The molecule has 23 heavy (non-hydrogen) atoms. The second-order valence-corrected chi connectivity index (χ2v) is 6.63. The van der Waals surface area contributed by atoms with Crippen LogP contribution < -0.4 is 0 Å². The maximum Gasteiger partial charge on any atom is 0.228 e. The van der Waals surface area contributed by atoms with Gasteiger partial charge in [-0.1, -0.05) is 12.1 Å². The Bertz CT molecular complexity index is 540. The molecule has 0 saturated carbocycles. The van der Waals surface area contributed by atoms with Crippen LogP contribution in [0.2, 0.25) is 0 Å². The van der Waals surface area contributed by atoms with E-state index >= 15 is 0 Å². The van der Waals surface area contributed by atoms with Crippen LogP contribution >= 0.6 is 0 Å². The summed E-state index contributed by atoms with van der Waals surface area (Å²) in [5, 5.41) is 10.5. The number of halogens is 1. The van der Waals surface area contributed by atoms with Crippen LogP contribution in [0.4, 0.5) is 4.39 Å². The zero-order valence-electron chi connectivity index (χ0n) is 13.5. The minimum Gasteiger partial charge on any atom is -0.388 e. The average Bonchev–Trinajstić information content (AvgIpc) is 3.00. The molecule has 1 aromatic carbocycles. The van der Waals surface area contributed by atoms with Gasteiger partial charge in [-0.25, -0.2) is 4.39 Å². The number of carbonyl (C=O) groups is 1. The number of nitrogens with zero attached hydrogens (tertiary/aromatic N) is 1. The van der Waals surface area contributed by atoms with Gasteiger partial charge in [0, 0.05) is 19.7 Å². The topological polar surface area (TPSA) is 49.8 Å². The van der Waals surface area contributed by atoms with E-state index in [-0.39, 0.29) is 29.7 Å². The summed E-state index contributed by atoms with van der Waals surface area (Å²) in [6, 6.07) is 6.02. The molecular formula is C18H24FNO3. The summed E-state index contributed by atoms with van der Waals surface area (Å²) in [6.45, 7) is 3.97. The molecule has 2 heterocycles. The van der Waals surface area contributed by atoms with E-state index < -0.39 is 6.10 Å². The van der Waals surface area contributed by atoms with Crippen LogP contribution in [0.25, 0.3) is 0 Å². The van der Waals surface area contributed by atoms with Crippen molar-refractivity contribution in [2.24, 2.45) is 11.8 Å². The molecule has 2 fully saturated rings. The standard InChI is InChI=1S/C18H24FNO3/c1-12-16(8-11-23-12)18(22)20-9-6-14(7-10-20)17(21)13-2-4-15(19)5-3-13/h2-5,12,14,16-17,21H,6-11H2,1H3. The van der Waals surface area contributed by atoms with Gasteiger partial charge in [0.25, 0.3) is 0 Å². The van der Waals surface area contributed by atoms with E-state index in [4.69, 9.17) is 4.74 Å². The van der Waals surface area contributed by atoms with Crippen molar-refractivity contribution in [2.75, 3.05) is 19.7 Å². The van der Waals surface area contributed by atoms with Gasteiger partial charge in [0.15, 0.2) is 0 Å². The first-order valence-electron chi connectivity index (χ1n) is 8.40. The van der Waals surface area contributed by atoms with Crippen molar-refractivity contribution in [2.45, 2.75) is 38.4 Å². The van der Waals surface area contributed by atoms with E-state index in [1.54, 1.807) is 12.1 Å². The lowest BCUT2D eigenvalue weighted by molar-refractivity contribution is -0.139. The zero-order valence-corrected chi connectivity index (χ0v) is 13.5. The van der Waals surface area contributed by atoms with Crippen LogP contribution in [0.15, 0.2) is 24.3 Å². The molecule has 0 bridgehead atoms. The SMILES string of the molecule is CC1OCCC1C(=O)N1CCC(C(O)c2ccc(F)cc2)CC1. The molecule has 0 aliphatic carbocycles. The van der Waals surface area contributed by atoms with Gasteiger partial charge >= 0.3 is 0 Å². The number of likely N-dealkylation sites (tertiary alicyclic amines) is 1. The number of amides is 1. The first-order chi connectivity index (χ1) is 11.1. The van der Waals surface area contributed by atoms with Gasteiger partial charge in [-0.05, 0) is 49.8 Å². The number of aliphatic hydroxyl groups is 1. The van der Waals surface area contributed by atoms with Gasteiger partial charge < -0.3 is 14.7 Å². The summed E-state index contributed by atoms with van der Waals surface area (Å²) < 4.78 is 18.5. The molecule has 1 aromatic rings. The highest BCUT2D eigenvalue weighted by Crippen LogP contribution is 2.32. The summed E-state index contributed by atoms with van der Waals surface area (Å²) in [6.07, 6.45) is 1.75. The molecule has 0 aromatic heterocycles. The fourth-order valence-electron chi connectivity index (χ4n) is 3.66. The summed E-state index contributed by atoms with van der Waals surface area (Å²) in [5.74, 6) is -0.0191. The predicted molar refractivity (Wildman–Crippen MR) is 84.2 cm³/mol. The first-order valence-corrected chi connectivity index (χ1v) is 8.40. The third-order valence-electron chi connectivity index (χ3n) is 5.20. The number of benzene rings is 1. The van der Waals surface area contributed by atoms with E-state index in [1.807, 2.05) is 11.8 Å². The van der Waals surface area contributed by atoms with Gasteiger partial charge in [0.2, 0.25) is 5.91 Å². The molecule has 3 unspecified atom stereocenters. The van der Waals surface area contributed by atoms with Crippen molar-refractivity contribution < 1.29 is 19.0 Å². The van der Waals surface area contributed by atoms with Gasteiger partial charge in [-0.3, -0.25) is 4.79 Å². The molecule has 5 heteroatoms. The molecular weight excluding hydrogens is 297 g/mol. The van der Waals surface area contributed by atoms with Crippen LogP contribution in [0, 0.1) is 17.7 Å². The third kappa shape index (κ3) is 3.56. The number of rotatable bonds is 3. The van der Waals surface area contributed by atoms with Crippen LogP contribution in [-0.2, 0) is 9.53 Å². The molecule has 1 N–H and O–H groups in total. The molecule has 1 amide bonds. The number of carbonyl (C=O) groups excluding carboxylic acids is 1. The summed E-state index contributed by atoms with van der Waals surface area (Å²) in [7, 11) is 0. The average molecular weight is 321 g/mol. The number of hydrogen-bond donors (Lipinski definition) is 1. The number of ether oxygens (including phenoxy) is 1. The van der Waals surface area contributed by atoms with E-state index in [0.29, 0.717) is 19.7 Å². The molecule has 2 saturated heterocycles. The van der Waals surface area contributed by atoms with Crippen LogP contribution in [0.3, 0.4) is 0 Å². The Balaban J connectivity index is 1.55. The lowest BCUT2D eigenvalue weighted by Crippen LogP contribution is -2.44. The Labute approximate surface area is 136 Å². The monoisotopic (exact) mass is 321 g/mol. The Morgan fingerprint density at radius 3 is 2.48 bits per heavy atom. The highest BCUT2D eigenvalue weighted by Gasteiger charge is 2.36. The molecule has 3 rings (SSSR count). The molecule has 126 valence electrons. The maximum absolute atomic E-state index is 13.0. The summed E-state index contributed by atoms with van der Waals surface area (Å²) in [5.41, 5.74) is 0.744. The Hall–Kier alpha value is -1.46. The Kier molecular flexibility index (Phi) is 4.97. The van der Waals surface area contributed by atoms with Crippen molar-refractivity contribution in [3.63, 3.8) is 0 Å². The third-order valence-corrected chi connectivity index (χ3v) is 5.20. The quantitative estimate of drug-likeness (QED) is 0.931. The highest BCUT2D eigenvalue weighted by molar-refractivity contribution is 5.79. The van der Waals surface area contributed by atoms with E-state index in [9.17, 15) is 14.3 Å². The van der Waals surface area contributed by atoms with Gasteiger partial charge in [0.05, 0.1) is 18.1 Å². The van der Waals surface area contributed by atoms with Crippen molar-refractivity contribution in [1.82, 2.24) is 4.90 Å². The largest absolute Gasteiger partial charge is 0.388 e. The van der Waals surface area contributed by atoms with E-state index in [1.165, 1.54) is 12.1 Å². The molecule has 3 atom stereocenters. The number of hydrogen-bond acceptors (Lipinski definition) is 3. The highest BCUT2D eigenvalue weighted by atomic mass is 19.1. The lowest BCUT2D eigenvalue weighted by atomic mass is 9.87. The predicted octanol–water partition coefficient (Wildman–Crippen LogP) is 2.52. The van der Waals surface area contributed by atoms with Gasteiger partial charge in [-0.2, -0.15) is 0 Å². The van der Waals surface area contributed by atoms with Gasteiger partial charge in [0.1, 0.15) is 5.82 Å². The molecule has 4 nitrogen and oxygen atoms in total.